The first-order chi connectivity index (χ1) is 17.9. The molecule has 0 bridgehead atoms. The summed E-state index contributed by atoms with van der Waals surface area (Å²) in [5.41, 5.74) is 4.79. The molecule has 37 heavy (non-hydrogen) atoms. The number of carbonyl (C=O) groups is 1. The molecule has 1 aromatic heterocycles. The summed E-state index contributed by atoms with van der Waals surface area (Å²) in [6.45, 7) is 4.59. The maximum absolute atomic E-state index is 13.5. The number of hydrogen-bond acceptors (Lipinski definition) is 8. The maximum atomic E-state index is 13.5. The molecule has 0 radical (unpaired) electrons. The van der Waals surface area contributed by atoms with Gasteiger partial charge in [0.15, 0.2) is 0 Å². The third kappa shape index (κ3) is 5.64. The molecule has 3 aromatic rings. The average molecular weight is 523 g/mol. The zero-order valence-corrected chi connectivity index (χ0v) is 21.3. The van der Waals surface area contributed by atoms with E-state index in [0.717, 1.165) is 30.8 Å². The zero-order valence-electron chi connectivity index (χ0n) is 20.5. The summed E-state index contributed by atoms with van der Waals surface area (Å²) in [4.78, 5) is 24.4. The lowest BCUT2D eigenvalue weighted by molar-refractivity contribution is 0.0705. The molecule has 2 N–H and O–H groups in total. The number of nitrogens with one attached hydrogen (secondary N) is 1. The van der Waals surface area contributed by atoms with Gasteiger partial charge in [-0.25, -0.2) is 23.9 Å². The van der Waals surface area contributed by atoms with Gasteiger partial charge in [-0.2, -0.15) is 4.31 Å². The van der Waals surface area contributed by atoms with Crippen molar-refractivity contribution in [2.75, 3.05) is 44.2 Å². The number of benzene rings is 2. The second-order valence-electron chi connectivity index (χ2n) is 9.32. The van der Waals surface area contributed by atoms with Gasteiger partial charge in [0.1, 0.15) is 0 Å². The number of hydroxylamine groups is 1. The van der Waals surface area contributed by atoms with Gasteiger partial charge in [-0.3, -0.25) is 14.9 Å². The lowest BCUT2D eigenvalue weighted by atomic mass is 10.0. The standard InChI is InChI=1S/C26H30N6O4S/c33-25(29-34)23-17-27-26(28-18-23)31-11-13-32(14-12-31)37(35,36)24-8-4-7-22(16-24)21-6-3-5-20(15-21)19-30-9-1-2-10-30/h3-8,15-18,34H,1-2,9-14,19H2,(H,29,33). The zero-order chi connectivity index (χ0) is 25.8. The Bertz CT molecular complexity index is 1350. The minimum Gasteiger partial charge on any atom is -0.338 e. The Morgan fingerprint density at radius 2 is 1.54 bits per heavy atom. The van der Waals surface area contributed by atoms with Crippen molar-refractivity contribution in [1.29, 1.82) is 0 Å². The topological polar surface area (TPSA) is 119 Å². The number of hydrogen-bond donors (Lipinski definition) is 2. The van der Waals surface area contributed by atoms with Gasteiger partial charge in [0.2, 0.25) is 16.0 Å². The molecule has 194 valence electrons. The van der Waals surface area contributed by atoms with Crippen LogP contribution >= 0.6 is 0 Å². The van der Waals surface area contributed by atoms with Crippen molar-refractivity contribution < 1.29 is 18.4 Å². The van der Waals surface area contributed by atoms with Crippen LogP contribution in [-0.4, -0.2) is 78.0 Å². The molecule has 0 aliphatic carbocycles. The van der Waals surface area contributed by atoms with E-state index in [1.54, 1.807) is 23.7 Å². The van der Waals surface area contributed by atoms with Gasteiger partial charge in [0.25, 0.3) is 5.91 Å². The van der Waals surface area contributed by atoms with Crippen LogP contribution in [0, 0.1) is 0 Å². The predicted octanol–water partition coefficient (Wildman–Crippen LogP) is 2.37. The Kier molecular flexibility index (Phi) is 7.47. The van der Waals surface area contributed by atoms with Crippen molar-refractivity contribution in [3.8, 4) is 11.1 Å². The van der Waals surface area contributed by atoms with Crippen molar-refractivity contribution in [2.45, 2.75) is 24.3 Å². The second-order valence-corrected chi connectivity index (χ2v) is 11.3. The summed E-state index contributed by atoms with van der Waals surface area (Å²) in [5.74, 6) is -0.287. The molecular weight excluding hydrogens is 492 g/mol. The fraction of sp³-hybridized carbons (Fsp3) is 0.346. The van der Waals surface area contributed by atoms with E-state index in [0.29, 0.717) is 32.1 Å². The van der Waals surface area contributed by atoms with Crippen LogP contribution in [0.3, 0.4) is 0 Å². The highest BCUT2D eigenvalue weighted by Gasteiger charge is 2.29. The summed E-state index contributed by atoms with van der Waals surface area (Å²) in [5, 5.41) is 8.72. The van der Waals surface area contributed by atoms with Crippen LogP contribution in [0.2, 0.25) is 0 Å². The Morgan fingerprint density at radius 1 is 0.892 bits per heavy atom. The third-order valence-electron chi connectivity index (χ3n) is 6.86. The van der Waals surface area contributed by atoms with E-state index in [1.807, 2.05) is 23.1 Å². The second kappa shape index (κ2) is 10.9. The number of amides is 1. The number of anilines is 1. The minimum atomic E-state index is -3.67. The van der Waals surface area contributed by atoms with E-state index >= 15 is 0 Å². The fourth-order valence-corrected chi connectivity index (χ4v) is 6.30. The molecule has 0 saturated carbocycles. The summed E-state index contributed by atoms with van der Waals surface area (Å²) in [7, 11) is -3.67. The van der Waals surface area contributed by atoms with E-state index in [9.17, 15) is 13.2 Å². The van der Waals surface area contributed by atoms with Gasteiger partial charge in [-0.1, -0.05) is 30.3 Å². The quantitative estimate of drug-likeness (QED) is 0.359. The van der Waals surface area contributed by atoms with Crippen molar-refractivity contribution >= 4 is 21.9 Å². The van der Waals surface area contributed by atoms with Crippen LogP contribution in [0.15, 0.2) is 65.8 Å². The van der Waals surface area contributed by atoms with Crippen LogP contribution < -0.4 is 10.4 Å². The van der Waals surface area contributed by atoms with Crippen LogP contribution in [-0.2, 0) is 16.6 Å². The van der Waals surface area contributed by atoms with Crippen LogP contribution in [0.1, 0.15) is 28.8 Å². The molecule has 0 spiro atoms. The number of piperazine rings is 1. The van der Waals surface area contributed by atoms with E-state index in [-0.39, 0.29) is 10.5 Å². The lowest BCUT2D eigenvalue weighted by Crippen LogP contribution is -2.49. The average Bonchev–Trinajstić information content (AvgIpc) is 3.46. The van der Waals surface area contributed by atoms with Crippen LogP contribution in [0.25, 0.3) is 11.1 Å². The van der Waals surface area contributed by atoms with Crippen LogP contribution in [0.4, 0.5) is 5.95 Å². The van der Waals surface area contributed by atoms with Crippen molar-refractivity contribution in [2.24, 2.45) is 0 Å². The highest BCUT2D eigenvalue weighted by Crippen LogP contribution is 2.27. The molecule has 2 fully saturated rings. The SMILES string of the molecule is O=C(NO)c1cnc(N2CCN(S(=O)(=O)c3cccc(-c4cccc(CN5CCCC5)c4)c3)CC2)nc1. The fourth-order valence-electron chi connectivity index (χ4n) is 4.83. The molecule has 2 aromatic carbocycles. The number of sulfonamides is 1. The highest BCUT2D eigenvalue weighted by atomic mass is 32.2. The minimum absolute atomic E-state index is 0.133. The number of nitrogens with zero attached hydrogens (tertiary/aromatic N) is 5. The van der Waals surface area contributed by atoms with Gasteiger partial charge in [-0.05, 0) is 60.8 Å². The predicted molar refractivity (Wildman–Crippen MR) is 139 cm³/mol. The largest absolute Gasteiger partial charge is 0.338 e. The monoisotopic (exact) mass is 522 g/mol. The molecule has 0 unspecified atom stereocenters. The number of likely N-dealkylation sites (tertiary alicyclic amines) is 1. The lowest BCUT2D eigenvalue weighted by Gasteiger charge is -2.34. The number of rotatable bonds is 7. The molecule has 0 atom stereocenters. The Labute approximate surface area is 216 Å². The molecule has 2 saturated heterocycles. The van der Waals surface area contributed by atoms with Gasteiger partial charge in [0.05, 0.1) is 10.5 Å². The maximum Gasteiger partial charge on any atom is 0.277 e. The molecule has 5 rings (SSSR count). The number of carbonyl (C=O) groups excluding carboxylic acids is 1. The van der Waals surface area contributed by atoms with E-state index < -0.39 is 15.9 Å². The smallest absolute Gasteiger partial charge is 0.277 e. The van der Waals surface area contributed by atoms with Crippen molar-refractivity contribution in [3.05, 3.63) is 72.1 Å². The molecular formula is C26H30N6O4S. The summed E-state index contributed by atoms with van der Waals surface area (Å²) in [6.07, 6.45) is 5.14. The summed E-state index contributed by atoms with van der Waals surface area (Å²) < 4.78 is 28.4. The first-order valence-electron chi connectivity index (χ1n) is 12.4. The van der Waals surface area contributed by atoms with Crippen LogP contribution in [0.5, 0.6) is 0 Å². The molecule has 11 heteroatoms. The molecule has 2 aliphatic heterocycles. The first kappa shape index (κ1) is 25.3. The first-order valence-corrected chi connectivity index (χ1v) is 13.8. The van der Waals surface area contributed by atoms with Crippen molar-refractivity contribution in [1.82, 2.24) is 24.7 Å². The molecule has 1 amide bonds. The van der Waals surface area contributed by atoms with Gasteiger partial charge in [-0.15, -0.1) is 0 Å². The number of aromatic nitrogens is 2. The Hall–Kier alpha value is -3.38. The normalized spacial score (nSPS) is 17.2. The Balaban J connectivity index is 1.27. The van der Waals surface area contributed by atoms with E-state index in [1.165, 1.54) is 35.1 Å². The van der Waals surface area contributed by atoms with Gasteiger partial charge in [0, 0.05) is 45.1 Å². The van der Waals surface area contributed by atoms with Gasteiger partial charge >= 0.3 is 0 Å². The highest BCUT2D eigenvalue weighted by molar-refractivity contribution is 7.89. The molecule has 10 nitrogen and oxygen atoms in total. The summed E-state index contributed by atoms with van der Waals surface area (Å²) in [6, 6.07) is 15.5. The third-order valence-corrected chi connectivity index (χ3v) is 8.76. The summed E-state index contributed by atoms with van der Waals surface area (Å²) >= 11 is 0. The molecule has 3 heterocycles. The van der Waals surface area contributed by atoms with E-state index in [2.05, 4.69) is 27.0 Å². The van der Waals surface area contributed by atoms with Gasteiger partial charge < -0.3 is 4.90 Å². The molecule has 2 aliphatic rings. The Morgan fingerprint density at radius 3 is 2.22 bits per heavy atom. The van der Waals surface area contributed by atoms with Crippen molar-refractivity contribution in [3.63, 3.8) is 0 Å². The van der Waals surface area contributed by atoms with E-state index in [4.69, 9.17) is 5.21 Å².